The van der Waals surface area contributed by atoms with Crippen LogP contribution in [0.3, 0.4) is 0 Å². The van der Waals surface area contributed by atoms with Crippen molar-refractivity contribution in [2.75, 3.05) is 6.61 Å². The largest absolute Gasteiger partial charge is 0.376 e. The van der Waals surface area contributed by atoms with Gasteiger partial charge in [0.05, 0.1) is 25.4 Å². The van der Waals surface area contributed by atoms with Gasteiger partial charge in [0.15, 0.2) is 0 Å². The summed E-state index contributed by atoms with van der Waals surface area (Å²) in [5.41, 5.74) is 1.25. The SMILES string of the molecule is c1ccc(COCC2CC3OC23)cc1. The highest BCUT2D eigenvalue weighted by atomic mass is 16.6. The van der Waals surface area contributed by atoms with Crippen molar-refractivity contribution in [1.29, 1.82) is 0 Å². The molecule has 2 heteroatoms. The maximum absolute atomic E-state index is 5.64. The van der Waals surface area contributed by atoms with E-state index in [0.29, 0.717) is 18.1 Å². The number of ether oxygens (including phenoxy) is 2. The molecule has 2 nitrogen and oxygen atoms in total. The molecule has 1 saturated carbocycles. The summed E-state index contributed by atoms with van der Waals surface area (Å²) in [7, 11) is 0. The van der Waals surface area contributed by atoms with E-state index in [1.165, 1.54) is 12.0 Å². The molecule has 0 spiro atoms. The first-order valence-corrected chi connectivity index (χ1v) is 5.20. The van der Waals surface area contributed by atoms with Crippen LogP contribution in [0.15, 0.2) is 30.3 Å². The summed E-state index contributed by atoms with van der Waals surface area (Å²) in [6, 6.07) is 10.3. The molecule has 1 heterocycles. The first-order valence-electron chi connectivity index (χ1n) is 5.20. The van der Waals surface area contributed by atoms with Crippen molar-refractivity contribution >= 4 is 0 Å². The molecule has 1 aliphatic heterocycles. The Bertz CT molecular complexity index is 309. The topological polar surface area (TPSA) is 21.8 Å². The van der Waals surface area contributed by atoms with E-state index in [2.05, 4.69) is 12.1 Å². The van der Waals surface area contributed by atoms with Crippen LogP contribution in [0.1, 0.15) is 12.0 Å². The summed E-state index contributed by atoms with van der Waals surface area (Å²) < 4.78 is 11.0. The number of rotatable bonds is 4. The monoisotopic (exact) mass is 190 g/mol. The number of hydrogen-bond donors (Lipinski definition) is 0. The lowest BCUT2D eigenvalue weighted by atomic mass is 9.86. The minimum absolute atomic E-state index is 0.547. The van der Waals surface area contributed by atoms with Gasteiger partial charge in [-0.3, -0.25) is 0 Å². The second kappa shape index (κ2) is 3.37. The van der Waals surface area contributed by atoms with Crippen LogP contribution in [0.4, 0.5) is 0 Å². The van der Waals surface area contributed by atoms with Crippen molar-refractivity contribution in [2.45, 2.75) is 25.2 Å². The number of benzene rings is 1. The van der Waals surface area contributed by atoms with Crippen LogP contribution >= 0.6 is 0 Å². The summed E-state index contributed by atoms with van der Waals surface area (Å²) >= 11 is 0. The molecule has 2 aliphatic rings. The average molecular weight is 190 g/mol. The van der Waals surface area contributed by atoms with E-state index < -0.39 is 0 Å². The van der Waals surface area contributed by atoms with Crippen molar-refractivity contribution in [3.63, 3.8) is 0 Å². The number of fused-ring (bicyclic) bond motifs is 1. The molecule has 1 aromatic rings. The highest BCUT2D eigenvalue weighted by Gasteiger charge is 2.55. The van der Waals surface area contributed by atoms with Gasteiger partial charge in [0.1, 0.15) is 0 Å². The second-order valence-corrected chi connectivity index (χ2v) is 4.14. The molecular weight excluding hydrogens is 176 g/mol. The molecule has 1 saturated heterocycles. The predicted octanol–water partition coefficient (Wildman–Crippen LogP) is 1.99. The van der Waals surface area contributed by atoms with Gasteiger partial charge in [-0.25, -0.2) is 0 Å². The van der Waals surface area contributed by atoms with Crippen LogP contribution in [0.5, 0.6) is 0 Å². The van der Waals surface area contributed by atoms with Crippen molar-refractivity contribution in [1.82, 2.24) is 0 Å². The van der Waals surface area contributed by atoms with Gasteiger partial charge >= 0.3 is 0 Å². The van der Waals surface area contributed by atoms with Crippen LogP contribution in [-0.4, -0.2) is 18.8 Å². The normalized spacial score (nSPS) is 33.3. The fraction of sp³-hybridized carbons (Fsp3) is 0.500. The highest BCUT2D eigenvalue weighted by molar-refractivity contribution is 5.13. The van der Waals surface area contributed by atoms with E-state index >= 15 is 0 Å². The minimum Gasteiger partial charge on any atom is -0.376 e. The molecule has 0 aromatic heterocycles. The van der Waals surface area contributed by atoms with E-state index in [4.69, 9.17) is 9.47 Å². The molecule has 3 rings (SSSR count). The highest BCUT2D eigenvalue weighted by Crippen LogP contribution is 2.46. The third-order valence-corrected chi connectivity index (χ3v) is 3.06. The van der Waals surface area contributed by atoms with Crippen LogP contribution in [-0.2, 0) is 16.1 Å². The zero-order chi connectivity index (χ0) is 9.38. The molecule has 1 aromatic carbocycles. The van der Waals surface area contributed by atoms with Gasteiger partial charge < -0.3 is 9.47 Å². The molecule has 2 fully saturated rings. The Hall–Kier alpha value is -0.860. The number of hydrogen-bond acceptors (Lipinski definition) is 2. The molecule has 0 N–H and O–H groups in total. The molecule has 0 bridgehead atoms. The maximum Gasteiger partial charge on any atom is 0.0893 e. The first kappa shape index (κ1) is 8.45. The van der Waals surface area contributed by atoms with Crippen molar-refractivity contribution in [3.05, 3.63) is 35.9 Å². The first-order chi connectivity index (χ1) is 6.93. The molecule has 74 valence electrons. The molecule has 1 aliphatic carbocycles. The second-order valence-electron chi connectivity index (χ2n) is 4.14. The Morgan fingerprint density at radius 3 is 2.79 bits per heavy atom. The average Bonchev–Trinajstić information content (AvgIpc) is 2.86. The molecule has 3 atom stereocenters. The van der Waals surface area contributed by atoms with Crippen LogP contribution < -0.4 is 0 Å². The Morgan fingerprint density at radius 1 is 1.29 bits per heavy atom. The molecule has 14 heavy (non-hydrogen) atoms. The Morgan fingerprint density at radius 2 is 2.14 bits per heavy atom. The fourth-order valence-corrected chi connectivity index (χ4v) is 2.06. The lowest BCUT2D eigenvalue weighted by molar-refractivity contribution is 0.0697. The standard InChI is InChI=1S/C12H14O2/c1-2-4-9(5-3-1)7-13-8-10-6-11-12(10)14-11/h1-5,10-12H,6-8H2. The zero-order valence-corrected chi connectivity index (χ0v) is 8.06. The Labute approximate surface area is 83.8 Å². The van der Waals surface area contributed by atoms with Crippen molar-refractivity contribution in [3.8, 4) is 0 Å². The lowest BCUT2D eigenvalue weighted by Gasteiger charge is -2.19. The van der Waals surface area contributed by atoms with E-state index in [1.54, 1.807) is 0 Å². The summed E-state index contributed by atoms with van der Waals surface area (Å²) in [6.07, 6.45) is 2.35. The Kier molecular flexibility index (Phi) is 2.03. The van der Waals surface area contributed by atoms with Crippen LogP contribution in [0.2, 0.25) is 0 Å². The molecule has 0 amide bonds. The van der Waals surface area contributed by atoms with Gasteiger partial charge in [-0.1, -0.05) is 30.3 Å². The molecule has 3 unspecified atom stereocenters. The van der Waals surface area contributed by atoms with Gasteiger partial charge in [0.25, 0.3) is 0 Å². The predicted molar refractivity (Wildman–Crippen MR) is 52.9 cm³/mol. The van der Waals surface area contributed by atoms with Crippen molar-refractivity contribution < 1.29 is 9.47 Å². The number of epoxide rings is 1. The van der Waals surface area contributed by atoms with Gasteiger partial charge in [-0.05, 0) is 12.0 Å². The van der Waals surface area contributed by atoms with Gasteiger partial charge in [0.2, 0.25) is 0 Å². The van der Waals surface area contributed by atoms with Gasteiger partial charge in [-0.15, -0.1) is 0 Å². The summed E-state index contributed by atoms with van der Waals surface area (Å²) in [5, 5.41) is 0. The van der Waals surface area contributed by atoms with Gasteiger partial charge in [0, 0.05) is 5.92 Å². The van der Waals surface area contributed by atoms with E-state index in [9.17, 15) is 0 Å². The van der Waals surface area contributed by atoms with E-state index in [1.807, 2.05) is 18.2 Å². The van der Waals surface area contributed by atoms with E-state index in [0.717, 1.165) is 13.2 Å². The summed E-state index contributed by atoms with van der Waals surface area (Å²) in [4.78, 5) is 0. The summed E-state index contributed by atoms with van der Waals surface area (Å²) in [5.74, 6) is 0.670. The zero-order valence-electron chi connectivity index (χ0n) is 8.06. The summed E-state index contributed by atoms with van der Waals surface area (Å²) in [6.45, 7) is 1.59. The smallest absolute Gasteiger partial charge is 0.0893 e. The quantitative estimate of drug-likeness (QED) is 0.677. The molecular formula is C12H14O2. The third-order valence-electron chi connectivity index (χ3n) is 3.06. The fourth-order valence-electron chi connectivity index (χ4n) is 2.06. The third kappa shape index (κ3) is 1.56. The van der Waals surface area contributed by atoms with Gasteiger partial charge in [-0.2, -0.15) is 0 Å². The van der Waals surface area contributed by atoms with Crippen LogP contribution in [0, 0.1) is 5.92 Å². The van der Waals surface area contributed by atoms with E-state index in [-0.39, 0.29) is 0 Å². The maximum atomic E-state index is 5.64. The lowest BCUT2D eigenvalue weighted by Crippen LogP contribution is -2.27. The molecule has 0 radical (unpaired) electrons. The van der Waals surface area contributed by atoms with Crippen molar-refractivity contribution in [2.24, 2.45) is 5.92 Å². The van der Waals surface area contributed by atoms with Crippen LogP contribution in [0.25, 0.3) is 0 Å². The Balaban J connectivity index is 1.42. The minimum atomic E-state index is 0.547.